The van der Waals surface area contributed by atoms with Gasteiger partial charge in [0.25, 0.3) is 0 Å². The van der Waals surface area contributed by atoms with Crippen LogP contribution in [0.2, 0.25) is 0 Å². The molecule has 2 aliphatic rings. The summed E-state index contributed by atoms with van der Waals surface area (Å²) in [6, 6.07) is 12.6. The van der Waals surface area contributed by atoms with E-state index in [1.54, 1.807) is 12.1 Å². The molecule has 0 aliphatic heterocycles. The van der Waals surface area contributed by atoms with Gasteiger partial charge in [0.1, 0.15) is 11.9 Å². The van der Waals surface area contributed by atoms with Crippen LogP contribution in [0.25, 0.3) is 11.1 Å². The molecule has 0 bridgehead atoms. The van der Waals surface area contributed by atoms with Crippen molar-refractivity contribution in [3.63, 3.8) is 0 Å². The van der Waals surface area contributed by atoms with E-state index in [4.69, 9.17) is 0 Å². The first-order valence-electron chi connectivity index (χ1n) is 12.5. The monoisotopic (exact) mass is 498 g/mol. The molecule has 190 valence electrons. The van der Waals surface area contributed by atoms with Crippen LogP contribution in [0.4, 0.5) is 17.6 Å². The highest BCUT2D eigenvalue weighted by Gasteiger charge is 2.44. The molecule has 3 aromatic rings. The summed E-state index contributed by atoms with van der Waals surface area (Å²) in [6.07, 6.45) is -1.68. The fourth-order valence-electron chi connectivity index (χ4n) is 6.09. The van der Waals surface area contributed by atoms with Crippen molar-refractivity contribution < 1.29 is 27.8 Å². The number of rotatable bonds is 4. The summed E-state index contributed by atoms with van der Waals surface area (Å²) in [5.41, 5.74) is 4.17. The van der Waals surface area contributed by atoms with Crippen molar-refractivity contribution in [3.05, 3.63) is 93.8 Å². The Bertz CT molecular complexity index is 1260. The Balaban J connectivity index is 1.74. The van der Waals surface area contributed by atoms with Crippen molar-refractivity contribution in [2.45, 2.75) is 70.3 Å². The molecule has 0 radical (unpaired) electrons. The Hall–Kier alpha value is -2.70. The third-order valence-corrected chi connectivity index (χ3v) is 8.05. The maximum absolute atomic E-state index is 13.8. The van der Waals surface area contributed by atoms with Gasteiger partial charge < -0.3 is 10.2 Å². The second kappa shape index (κ2) is 9.00. The van der Waals surface area contributed by atoms with Crippen LogP contribution < -0.4 is 0 Å². The fraction of sp³-hybridized carbons (Fsp3) is 0.400. The van der Waals surface area contributed by atoms with Crippen molar-refractivity contribution in [1.29, 1.82) is 0 Å². The first-order valence-corrected chi connectivity index (χ1v) is 12.5. The van der Waals surface area contributed by atoms with Gasteiger partial charge in [-0.05, 0) is 100 Å². The Labute approximate surface area is 208 Å². The molecule has 6 heteroatoms. The van der Waals surface area contributed by atoms with Crippen LogP contribution in [0.5, 0.6) is 0 Å². The maximum Gasteiger partial charge on any atom is 0.416 e. The SMILES string of the molecule is CC(C)c1cc2c(c(-c3ccc(F)cc3)c1C(O)c1ccc(C(F)(F)F)cc1)[C@@H](O)CC1(CCC1)C2. The second-order valence-electron chi connectivity index (χ2n) is 10.8. The quantitative estimate of drug-likeness (QED) is 0.360. The zero-order valence-corrected chi connectivity index (χ0v) is 20.4. The molecular formula is C30H30F4O2. The number of fused-ring (bicyclic) bond motifs is 1. The summed E-state index contributed by atoms with van der Waals surface area (Å²) in [4.78, 5) is 0. The summed E-state index contributed by atoms with van der Waals surface area (Å²) in [5.74, 6) is -0.392. The first kappa shape index (κ1) is 25.0. The largest absolute Gasteiger partial charge is 0.416 e. The predicted octanol–water partition coefficient (Wildman–Crippen LogP) is 7.87. The molecule has 0 amide bonds. The molecule has 2 aliphatic carbocycles. The van der Waals surface area contributed by atoms with Crippen molar-refractivity contribution in [1.82, 2.24) is 0 Å². The lowest BCUT2D eigenvalue weighted by molar-refractivity contribution is -0.137. The molecule has 2 N–H and O–H groups in total. The number of alkyl halides is 3. The van der Waals surface area contributed by atoms with E-state index >= 15 is 0 Å². The lowest BCUT2D eigenvalue weighted by Crippen LogP contribution is -2.37. The number of benzene rings is 3. The Morgan fingerprint density at radius 3 is 2.14 bits per heavy atom. The van der Waals surface area contributed by atoms with E-state index < -0.39 is 29.8 Å². The van der Waals surface area contributed by atoms with Crippen LogP contribution in [0.15, 0.2) is 54.6 Å². The molecule has 1 unspecified atom stereocenters. The zero-order chi connectivity index (χ0) is 25.8. The van der Waals surface area contributed by atoms with Crippen LogP contribution in [-0.2, 0) is 12.6 Å². The summed E-state index contributed by atoms with van der Waals surface area (Å²) in [5, 5.41) is 23.0. The van der Waals surface area contributed by atoms with Crippen molar-refractivity contribution >= 4 is 0 Å². The molecule has 5 rings (SSSR count). The van der Waals surface area contributed by atoms with E-state index in [-0.39, 0.29) is 11.3 Å². The van der Waals surface area contributed by atoms with Gasteiger partial charge in [0.2, 0.25) is 0 Å². The highest BCUT2D eigenvalue weighted by molar-refractivity contribution is 5.76. The van der Waals surface area contributed by atoms with E-state index in [1.807, 2.05) is 13.8 Å². The van der Waals surface area contributed by atoms with E-state index in [2.05, 4.69) is 6.07 Å². The van der Waals surface area contributed by atoms with E-state index in [1.165, 1.54) is 24.3 Å². The van der Waals surface area contributed by atoms with Gasteiger partial charge in [-0.15, -0.1) is 0 Å². The number of halogens is 4. The molecule has 1 saturated carbocycles. The molecule has 36 heavy (non-hydrogen) atoms. The Morgan fingerprint density at radius 2 is 1.61 bits per heavy atom. The van der Waals surface area contributed by atoms with E-state index in [0.29, 0.717) is 28.7 Å². The molecule has 0 saturated heterocycles. The lowest BCUT2D eigenvalue weighted by atomic mass is 9.58. The van der Waals surface area contributed by atoms with Crippen LogP contribution in [0.3, 0.4) is 0 Å². The molecule has 0 aromatic heterocycles. The first-order chi connectivity index (χ1) is 17.0. The number of aliphatic hydroxyl groups excluding tert-OH is 2. The van der Waals surface area contributed by atoms with E-state index in [0.717, 1.165) is 54.5 Å². The van der Waals surface area contributed by atoms with Gasteiger partial charge in [0.15, 0.2) is 0 Å². The number of aliphatic hydroxyl groups is 2. The number of hydrogen-bond acceptors (Lipinski definition) is 2. The minimum atomic E-state index is -4.47. The van der Waals surface area contributed by atoms with Gasteiger partial charge in [0.05, 0.1) is 11.7 Å². The molecule has 3 aromatic carbocycles. The van der Waals surface area contributed by atoms with E-state index in [9.17, 15) is 27.8 Å². The van der Waals surface area contributed by atoms with Gasteiger partial charge >= 0.3 is 6.18 Å². The standard InChI is InChI=1S/C30H30F4O2/c1-17(2)23-14-20-15-29(12-3-13-29)16-24(35)25(20)26(18-6-10-22(31)11-7-18)27(23)28(36)19-4-8-21(9-5-19)30(32,33)34/h4-11,14,17,24,28,35-36H,3,12-13,15-16H2,1-2H3/t24-,28?/m0/s1. The molecule has 2 nitrogen and oxygen atoms in total. The lowest BCUT2D eigenvalue weighted by Gasteiger charge is -2.48. The molecule has 0 heterocycles. The maximum atomic E-state index is 13.8. The minimum Gasteiger partial charge on any atom is -0.388 e. The molecule has 1 spiro atoms. The van der Waals surface area contributed by atoms with Crippen molar-refractivity contribution in [3.8, 4) is 11.1 Å². The average molecular weight is 499 g/mol. The summed E-state index contributed by atoms with van der Waals surface area (Å²) in [6.45, 7) is 4.02. The van der Waals surface area contributed by atoms with Crippen molar-refractivity contribution in [2.24, 2.45) is 5.41 Å². The second-order valence-corrected chi connectivity index (χ2v) is 10.8. The molecule has 2 atom stereocenters. The van der Waals surface area contributed by atoms with Gasteiger partial charge in [-0.2, -0.15) is 13.2 Å². The third-order valence-electron chi connectivity index (χ3n) is 8.05. The molecule has 1 fully saturated rings. The summed E-state index contributed by atoms with van der Waals surface area (Å²) >= 11 is 0. The zero-order valence-electron chi connectivity index (χ0n) is 20.4. The van der Waals surface area contributed by atoms with Gasteiger partial charge in [-0.3, -0.25) is 0 Å². The summed E-state index contributed by atoms with van der Waals surface area (Å²) < 4.78 is 53.3. The van der Waals surface area contributed by atoms with Crippen LogP contribution >= 0.6 is 0 Å². The van der Waals surface area contributed by atoms with Crippen molar-refractivity contribution in [2.75, 3.05) is 0 Å². The third kappa shape index (κ3) is 4.35. The smallest absolute Gasteiger partial charge is 0.388 e. The normalized spacial score (nSPS) is 19.8. The highest BCUT2D eigenvalue weighted by Crippen LogP contribution is 2.56. The summed E-state index contributed by atoms with van der Waals surface area (Å²) in [7, 11) is 0. The fourth-order valence-corrected chi connectivity index (χ4v) is 6.09. The van der Waals surface area contributed by atoms with Gasteiger partial charge in [0, 0.05) is 0 Å². The Morgan fingerprint density at radius 1 is 0.972 bits per heavy atom. The van der Waals surface area contributed by atoms with Crippen LogP contribution in [-0.4, -0.2) is 10.2 Å². The highest BCUT2D eigenvalue weighted by atomic mass is 19.4. The van der Waals surface area contributed by atoms with Gasteiger partial charge in [-0.25, -0.2) is 4.39 Å². The minimum absolute atomic E-state index is 0.00464. The Kier molecular flexibility index (Phi) is 6.24. The molecular weight excluding hydrogens is 468 g/mol. The number of hydrogen-bond donors (Lipinski definition) is 2. The van der Waals surface area contributed by atoms with Gasteiger partial charge in [-0.1, -0.05) is 50.6 Å². The van der Waals surface area contributed by atoms with Crippen LogP contribution in [0, 0.1) is 11.2 Å². The predicted molar refractivity (Wildman–Crippen MR) is 131 cm³/mol. The average Bonchev–Trinajstić information content (AvgIpc) is 2.81. The topological polar surface area (TPSA) is 40.5 Å². The van der Waals surface area contributed by atoms with Crippen LogP contribution in [0.1, 0.15) is 91.0 Å².